The molecule has 1 unspecified atom stereocenters. The molecule has 1 aromatic heterocycles. The molecular weight excluding hydrogens is 467 g/mol. The largest absolute Gasteiger partial charge is 0.466 e. The number of hydrogen-bond donors (Lipinski definition) is 3. The van der Waals surface area contributed by atoms with Crippen LogP contribution in [0.5, 0.6) is 0 Å². The van der Waals surface area contributed by atoms with Gasteiger partial charge in [0.15, 0.2) is 5.96 Å². The Hall–Kier alpha value is -1.58. The van der Waals surface area contributed by atoms with E-state index < -0.39 is 5.60 Å². The molecular formula is C21H31IN4O2. The summed E-state index contributed by atoms with van der Waals surface area (Å²) in [6.07, 6.45) is 2.67. The molecule has 2 aromatic rings. The Labute approximate surface area is 184 Å². The smallest absolute Gasteiger partial charge is 0.191 e. The van der Waals surface area contributed by atoms with Crippen molar-refractivity contribution in [3.05, 3.63) is 59.5 Å². The fourth-order valence-electron chi connectivity index (χ4n) is 3.32. The van der Waals surface area contributed by atoms with Crippen molar-refractivity contribution in [1.82, 2.24) is 15.5 Å². The lowest BCUT2D eigenvalue weighted by molar-refractivity contribution is 0.0437. The number of guanidine groups is 1. The normalized spacial score (nSPS) is 16.6. The van der Waals surface area contributed by atoms with Crippen LogP contribution in [0, 0.1) is 0 Å². The van der Waals surface area contributed by atoms with Gasteiger partial charge < -0.3 is 20.2 Å². The number of hydrogen-bond acceptors (Lipinski definition) is 4. The van der Waals surface area contributed by atoms with E-state index in [1.54, 1.807) is 25.3 Å². The van der Waals surface area contributed by atoms with Crippen LogP contribution < -0.4 is 10.6 Å². The van der Waals surface area contributed by atoms with Gasteiger partial charge in [0, 0.05) is 32.7 Å². The van der Waals surface area contributed by atoms with Crippen LogP contribution in [0.15, 0.2) is 52.1 Å². The second kappa shape index (κ2) is 10.8. The topological polar surface area (TPSA) is 73.0 Å². The highest BCUT2D eigenvalue weighted by molar-refractivity contribution is 14.0. The maximum atomic E-state index is 10.5. The van der Waals surface area contributed by atoms with E-state index in [0.717, 1.165) is 39.1 Å². The van der Waals surface area contributed by atoms with Gasteiger partial charge in [0.25, 0.3) is 0 Å². The van der Waals surface area contributed by atoms with Gasteiger partial charge in [-0.25, -0.2) is 4.99 Å². The molecule has 6 nitrogen and oxygen atoms in total. The second-order valence-corrected chi connectivity index (χ2v) is 7.17. The van der Waals surface area contributed by atoms with E-state index in [4.69, 9.17) is 4.42 Å². The number of aliphatic imine (C=N–C) groups is 1. The van der Waals surface area contributed by atoms with Gasteiger partial charge in [-0.2, -0.15) is 0 Å². The fraction of sp³-hybridized carbons (Fsp3) is 0.476. The van der Waals surface area contributed by atoms with Gasteiger partial charge in [0.05, 0.1) is 12.8 Å². The molecule has 7 heteroatoms. The van der Waals surface area contributed by atoms with Crippen molar-refractivity contribution in [3.63, 3.8) is 0 Å². The highest BCUT2D eigenvalue weighted by atomic mass is 127. The average molecular weight is 498 g/mol. The molecule has 0 aliphatic carbocycles. The van der Waals surface area contributed by atoms with Crippen molar-refractivity contribution in [3.8, 4) is 0 Å². The Bertz CT molecular complexity index is 747. The first-order valence-electron chi connectivity index (χ1n) is 9.66. The van der Waals surface area contributed by atoms with Gasteiger partial charge in [-0.1, -0.05) is 24.3 Å². The van der Waals surface area contributed by atoms with Crippen molar-refractivity contribution < 1.29 is 9.52 Å². The Morgan fingerprint density at radius 3 is 2.71 bits per heavy atom. The van der Waals surface area contributed by atoms with E-state index in [2.05, 4.69) is 44.8 Å². The van der Waals surface area contributed by atoms with Gasteiger partial charge in [-0.15, -0.1) is 24.0 Å². The molecule has 28 heavy (non-hydrogen) atoms. The lowest BCUT2D eigenvalue weighted by Crippen LogP contribution is -2.43. The standard InChI is InChI=1S/C21H30N4O2.HI/c1-3-22-20(24-16-21(2,26)19-9-6-14-27-19)23-11-13-25-12-10-17-7-4-5-8-18(17)15-25;/h4-9,14,26H,3,10-13,15-16H2,1-2H3,(H2,22,23,24);1H. The molecule has 154 valence electrons. The van der Waals surface area contributed by atoms with Gasteiger partial charge >= 0.3 is 0 Å². The van der Waals surface area contributed by atoms with E-state index in [-0.39, 0.29) is 30.5 Å². The number of furan rings is 1. The zero-order valence-electron chi connectivity index (χ0n) is 16.6. The van der Waals surface area contributed by atoms with Crippen molar-refractivity contribution >= 4 is 29.9 Å². The molecule has 0 radical (unpaired) electrons. The number of aliphatic hydroxyl groups is 1. The number of nitrogens with zero attached hydrogens (tertiary/aromatic N) is 2. The van der Waals surface area contributed by atoms with Crippen LogP contribution in [-0.2, 0) is 18.6 Å². The predicted molar refractivity (Wildman–Crippen MR) is 123 cm³/mol. The zero-order valence-corrected chi connectivity index (χ0v) is 19.0. The molecule has 1 aromatic carbocycles. The Morgan fingerprint density at radius 1 is 1.21 bits per heavy atom. The summed E-state index contributed by atoms with van der Waals surface area (Å²) in [4.78, 5) is 6.98. The minimum atomic E-state index is -1.12. The van der Waals surface area contributed by atoms with Crippen molar-refractivity contribution in [1.29, 1.82) is 0 Å². The molecule has 0 saturated heterocycles. The van der Waals surface area contributed by atoms with Crippen LogP contribution in [0.2, 0.25) is 0 Å². The van der Waals surface area contributed by atoms with Crippen molar-refractivity contribution in [2.24, 2.45) is 4.99 Å². The van der Waals surface area contributed by atoms with E-state index in [0.29, 0.717) is 11.7 Å². The van der Waals surface area contributed by atoms with Crippen LogP contribution in [0.25, 0.3) is 0 Å². The van der Waals surface area contributed by atoms with Crippen LogP contribution >= 0.6 is 24.0 Å². The number of benzene rings is 1. The minimum absolute atomic E-state index is 0. The molecule has 0 fully saturated rings. The van der Waals surface area contributed by atoms with Gasteiger partial charge in [0.1, 0.15) is 11.4 Å². The van der Waals surface area contributed by atoms with E-state index in [1.807, 2.05) is 6.92 Å². The summed E-state index contributed by atoms with van der Waals surface area (Å²) < 4.78 is 5.31. The summed E-state index contributed by atoms with van der Waals surface area (Å²) in [6.45, 7) is 8.58. The number of nitrogens with one attached hydrogen (secondary N) is 2. The molecule has 0 bridgehead atoms. The SMILES string of the molecule is CCNC(=NCC(C)(O)c1ccco1)NCCN1CCc2ccccc2C1.I. The monoisotopic (exact) mass is 498 g/mol. The molecule has 1 aliphatic rings. The number of fused-ring (bicyclic) bond motifs is 1. The third-order valence-corrected chi connectivity index (χ3v) is 4.87. The molecule has 0 saturated carbocycles. The Balaban J connectivity index is 0.00000280. The highest BCUT2D eigenvalue weighted by Gasteiger charge is 2.26. The molecule has 0 spiro atoms. The quantitative estimate of drug-likeness (QED) is 0.311. The number of halogens is 1. The summed E-state index contributed by atoms with van der Waals surface area (Å²) in [5, 5.41) is 17.1. The summed E-state index contributed by atoms with van der Waals surface area (Å²) in [5.41, 5.74) is 1.78. The average Bonchev–Trinajstić information content (AvgIpc) is 3.22. The van der Waals surface area contributed by atoms with Gasteiger partial charge in [-0.3, -0.25) is 4.90 Å². The van der Waals surface area contributed by atoms with Crippen LogP contribution in [0.4, 0.5) is 0 Å². The van der Waals surface area contributed by atoms with E-state index >= 15 is 0 Å². The predicted octanol–water partition coefficient (Wildman–Crippen LogP) is 2.72. The summed E-state index contributed by atoms with van der Waals surface area (Å²) in [5.74, 6) is 1.23. The van der Waals surface area contributed by atoms with Crippen molar-refractivity contribution in [2.75, 3.05) is 32.7 Å². The lowest BCUT2D eigenvalue weighted by Gasteiger charge is -2.29. The number of rotatable bonds is 7. The maximum absolute atomic E-state index is 10.5. The summed E-state index contributed by atoms with van der Waals surface area (Å²) in [6, 6.07) is 12.2. The zero-order chi connectivity index (χ0) is 19.1. The lowest BCUT2D eigenvalue weighted by atomic mass is 10.00. The van der Waals surface area contributed by atoms with Crippen molar-refractivity contribution in [2.45, 2.75) is 32.4 Å². The fourth-order valence-corrected chi connectivity index (χ4v) is 3.32. The molecule has 0 amide bonds. The Kier molecular flexibility index (Phi) is 8.78. The molecule has 3 N–H and O–H groups in total. The van der Waals surface area contributed by atoms with E-state index in [9.17, 15) is 5.11 Å². The molecule has 3 rings (SSSR count). The molecule has 2 heterocycles. The van der Waals surface area contributed by atoms with Crippen LogP contribution in [0.1, 0.15) is 30.7 Å². The van der Waals surface area contributed by atoms with Crippen LogP contribution in [-0.4, -0.2) is 48.7 Å². The summed E-state index contributed by atoms with van der Waals surface area (Å²) in [7, 11) is 0. The third-order valence-electron chi connectivity index (χ3n) is 4.87. The second-order valence-electron chi connectivity index (χ2n) is 7.17. The first kappa shape index (κ1) is 22.7. The maximum Gasteiger partial charge on any atom is 0.191 e. The first-order valence-corrected chi connectivity index (χ1v) is 9.66. The molecule has 1 atom stereocenters. The van der Waals surface area contributed by atoms with Gasteiger partial charge in [0.2, 0.25) is 0 Å². The first-order chi connectivity index (χ1) is 13.1. The summed E-state index contributed by atoms with van der Waals surface area (Å²) >= 11 is 0. The third kappa shape index (κ3) is 6.22. The van der Waals surface area contributed by atoms with Gasteiger partial charge in [-0.05, 0) is 43.5 Å². The van der Waals surface area contributed by atoms with Crippen LogP contribution in [0.3, 0.4) is 0 Å². The minimum Gasteiger partial charge on any atom is -0.466 e. The Morgan fingerprint density at radius 2 is 2.00 bits per heavy atom. The van der Waals surface area contributed by atoms with E-state index in [1.165, 1.54) is 11.1 Å². The highest BCUT2D eigenvalue weighted by Crippen LogP contribution is 2.21. The molecule has 1 aliphatic heterocycles.